The van der Waals surface area contributed by atoms with Crippen molar-refractivity contribution < 1.29 is 22.6 Å². The van der Waals surface area contributed by atoms with Crippen LogP contribution in [0.1, 0.15) is 18.2 Å². The number of nitrogens with two attached hydrogens (primary N) is 1. The van der Waals surface area contributed by atoms with Crippen molar-refractivity contribution in [3.63, 3.8) is 0 Å². The molecule has 2 N–H and O–H groups in total. The number of hydrogen-bond acceptors (Lipinski definition) is 4. The van der Waals surface area contributed by atoms with E-state index in [4.69, 9.17) is 22.1 Å². The molecule has 0 aliphatic heterocycles. The van der Waals surface area contributed by atoms with Gasteiger partial charge in [0.2, 0.25) is 0 Å². The second kappa shape index (κ2) is 7.82. The molecule has 1 aromatic heterocycles. The van der Waals surface area contributed by atoms with Crippen molar-refractivity contribution in [3.05, 3.63) is 16.9 Å². The van der Waals surface area contributed by atoms with Crippen LogP contribution in [0.5, 0.6) is 0 Å². The molecule has 1 unspecified atom stereocenters. The minimum absolute atomic E-state index is 0.105. The number of nitrogens with zero attached hydrogens (tertiary/aromatic N) is 2. The van der Waals surface area contributed by atoms with E-state index in [-0.39, 0.29) is 13.0 Å². The highest BCUT2D eigenvalue weighted by Crippen LogP contribution is 2.23. The maximum Gasteiger partial charge on any atom is 0.411 e. The van der Waals surface area contributed by atoms with Crippen molar-refractivity contribution in [2.45, 2.75) is 25.2 Å². The number of aromatic nitrogens is 2. The third-order valence-corrected chi connectivity index (χ3v) is 2.82. The van der Waals surface area contributed by atoms with E-state index in [0.29, 0.717) is 23.9 Å². The zero-order chi connectivity index (χ0) is 15.2. The lowest BCUT2D eigenvalue weighted by Crippen LogP contribution is -2.22. The molecular formula is C11H17ClF3N3O2. The third kappa shape index (κ3) is 5.66. The molecule has 20 heavy (non-hydrogen) atoms. The standard InChI is InChI=1S/C11H17ClF3N3O2/c1-19-5-3-18-10(8(12)6-17-18)9(16)2-4-20-7-11(13,14)15/h6,9H,2-5,7,16H2,1H3. The SMILES string of the molecule is COCCn1ncc(Cl)c1C(N)CCOCC(F)(F)F. The highest BCUT2D eigenvalue weighted by atomic mass is 35.5. The molecule has 0 amide bonds. The largest absolute Gasteiger partial charge is 0.411 e. The van der Waals surface area contributed by atoms with E-state index in [1.54, 1.807) is 11.8 Å². The van der Waals surface area contributed by atoms with E-state index in [0.717, 1.165) is 0 Å². The van der Waals surface area contributed by atoms with Gasteiger partial charge in [0.1, 0.15) is 6.61 Å². The predicted molar refractivity (Wildman–Crippen MR) is 67.5 cm³/mol. The Morgan fingerprint density at radius 1 is 1.45 bits per heavy atom. The topological polar surface area (TPSA) is 62.3 Å². The summed E-state index contributed by atoms with van der Waals surface area (Å²) in [5, 5.41) is 4.42. The summed E-state index contributed by atoms with van der Waals surface area (Å²) < 4.78 is 46.8. The minimum atomic E-state index is -4.33. The fourth-order valence-corrected chi connectivity index (χ4v) is 1.91. The van der Waals surface area contributed by atoms with E-state index in [2.05, 4.69) is 9.84 Å². The molecule has 5 nitrogen and oxygen atoms in total. The van der Waals surface area contributed by atoms with Crippen molar-refractivity contribution in [2.75, 3.05) is 26.9 Å². The summed E-state index contributed by atoms with van der Waals surface area (Å²) in [5.74, 6) is 0. The Morgan fingerprint density at radius 3 is 2.75 bits per heavy atom. The van der Waals surface area contributed by atoms with Crippen molar-refractivity contribution in [1.82, 2.24) is 9.78 Å². The summed E-state index contributed by atoms with van der Waals surface area (Å²) in [6.07, 6.45) is -2.67. The Labute approximate surface area is 119 Å². The van der Waals surface area contributed by atoms with Gasteiger partial charge in [-0.2, -0.15) is 18.3 Å². The van der Waals surface area contributed by atoms with Gasteiger partial charge in [-0.25, -0.2) is 0 Å². The van der Waals surface area contributed by atoms with Crippen LogP contribution in [0.15, 0.2) is 6.20 Å². The number of methoxy groups -OCH3 is 1. The van der Waals surface area contributed by atoms with Gasteiger partial charge in [0.05, 0.1) is 36.1 Å². The quantitative estimate of drug-likeness (QED) is 0.747. The van der Waals surface area contributed by atoms with Gasteiger partial charge in [-0.05, 0) is 6.42 Å². The van der Waals surface area contributed by atoms with Gasteiger partial charge in [-0.1, -0.05) is 11.6 Å². The average Bonchev–Trinajstić information content (AvgIpc) is 2.72. The van der Waals surface area contributed by atoms with E-state index >= 15 is 0 Å². The minimum Gasteiger partial charge on any atom is -0.383 e. The molecule has 1 rings (SSSR count). The van der Waals surface area contributed by atoms with Gasteiger partial charge in [-0.3, -0.25) is 4.68 Å². The fraction of sp³-hybridized carbons (Fsp3) is 0.727. The molecule has 0 aliphatic rings. The van der Waals surface area contributed by atoms with Gasteiger partial charge < -0.3 is 15.2 Å². The highest BCUT2D eigenvalue weighted by molar-refractivity contribution is 6.31. The van der Waals surface area contributed by atoms with Crippen molar-refractivity contribution in [1.29, 1.82) is 0 Å². The maximum absolute atomic E-state index is 11.9. The summed E-state index contributed by atoms with van der Waals surface area (Å²) in [6, 6.07) is -0.546. The second-order valence-corrected chi connectivity index (χ2v) is 4.56. The Balaban J connectivity index is 2.50. The van der Waals surface area contributed by atoms with Crippen molar-refractivity contribution >= 4 is 11.6 Å². The molecule has 0 saturated heterocycles. The lowest BCUT2D eigenvalue weighted by Gasteiger charge is -2.15. The van der Waals surface area contributed by atoms with Crippen LogP contribution in [0.25, 0.3) is 0 Å². The lowest BCUT2D eigenvalue weighted by atomic mass is 10.1. The van der Waals surface area contributed by atoms with Crippen LogP contribution in [-0.2, 0) is 16.0 Å². The molecule has 0 fully saturated rings. The molecule has 0 saturated carbocycles. The van der Waals surface area contributed by atoms with Gasteiger partial charge in [0.15, 0.2) is 0 Å². The molecule has 1 aromatic rings. The molecule has 116 valence electrons. The monoisotopic (exact) mass is 315 g/mol. The Bertz CT molecular complexity index is 412. The Hall–Kier alpha value is -0.830. The average molecular weight is 316 g/mol. The summed E-state index contributed by atoms with van der Waals surface area (Å²) in [6.45, 7) is -0.485. The first-order valence-corrected chi connectivity index (χ1v) is 6.33. The molecule has 9 heteroatoms. The van der Waals surface area contributed by atoms with E-state index in [1.807, 2.05) is 0 Å². The van der Waals surface area contributed by atoms with Gasteiger partial charge in [0, 0.05) is 13.7 Å². The molecule has 0 radical (unpaired) electrons. The molecule has 0 aromatic carbocycles. The van der Waals surface area contributed by atoms with Crippen LogP contribution < -0.4 is 5.73 Å². The van der Waals surface area contributed by atoms with E-state index in [1.165, 1.54) is 6.20 Å². The first-order valence-electron chi connectivity index (χ1n) is 5.95. The van der Waals surface area contributed by atoms with Crippen LogP contribution in [0.2, 0.25) is 5.02 Å². The number of alkyl halides is 3. The molecule has 1 atom stereocenters. The lowest BCUT2D eigenvalue weighted by molar-refractivity contribution is -0.174. The van der Waals surface area contributed by atoms with Crippen LogP contribution in [0.4, 0.5) is 13.2 Å². The zero-order valence-electron chi connectivity index (χ0n) is 11.0. The molecule has 0 aliphatic carbocycles. The van der Waals surface area contributed by atoms with Gasteiger partial charge >= 0.3 is 6.18 Å². The zero-order valence-corrected chi connectivity index (χ0v) is 11.7. The summed E-state index contributed by atoms with van der Waals surface area (Å²) >= 11 is 5.98. The van der Waals surface area contributed by atoms with Gasteiger partial charge in [-0.15, -0.1) is 0 Å². The summed E-state index contributed by atoms with van der Waals surface area (Å²) in [7, 11) is 1.55. The number of rotatable bonds is 8. The third-order valence-electron chi connectivity index (χ3n) is 2.53. The smallest absolute Gasteiger partial charge is 0.383 e. The molecule has 0 bridgehead atoms. The predicted octanol–water partition coefficient (Wildman–Crippen LogP) is 2.15. The van der Waals surface area contributed by atoms with Crippen LogP contribution in [0, 0.1) is 0 Å². The van der Waals surface area contributed by atoms with Crippen molar-refractivity contribution in [2.24, 2.45) is 5.73 Å². The Kier molecular flexibility index (Phi) is 6.74. The Morgan fingerprint density at radius 2 is 2.15 bits per heavy atom. The highest BCUT2D eigenvalue weighted by Gasteiger charge is 2.27. The van der Waals surface area contributed by atoms with Crippen LogP contribution >= 0.6 is 11.6 Å². The first-order chi connectivity index (χ1) is 9.35. The van der Waals surface area contributed by atoms with Crippen LogP contribution in [0.3, 0.4) is 0 Å². The second-order valence-electron chi connectivity index (χ2n) is 4.16. The van der Waals surface area contributed by atoms with Crippen LogP contribution in [-0.4, -0.2) is 42.9 Å². The van der Waals surface area contributed by atoms with E-state index < -0.39 is 18.8 Å². The number of ether oxygens (including phenoxy) is 2. The summed E-state index contributed by atoms with van der Waals surface area (Å²) in [4.78, 5) is 0. The van der Waals surface area contributed by atoms with E-state index in [9.17, 15) is 13.2 Å². The van der Waals surface area contributed by atoms with Gasteiger partial charge in [0.25, 0.3) is 0 Å². The first kappa shape index (κ1) is 17.2. The molecule has 1 heterocycles. The molecular weight excluding hydrogens is 299 g/mol. The normalized spacial score (nSPS) is 13.7. The number of hydrogen-bond donors (Lipinski definition) is 1. The number of halogens is 4. The fourth-order valence-electron chi connectivity index (χ4n) is 1.63. The maximum atomic E-state index is 11.9. The van der Waals surface area contributed by atoms with Crippen molar-refractivity contribution in [3.8, 4) is 0 Å². The summed E-state index contributed by atoms with van der Waals surface area (Å²) in [5.41, 5.74) is 6.48. The molecule has 0 spiro atoms.